The Balaban J connectivity index is 1.79. The van der Waals surface area contributed by atoms with Crippen LogP contribution in [0.5, 0.6) is 0 Å². The van der Waals surface area contributed by atoms with Gasteiger partial charge in [-0.1, -0.05) is 0 Å². The standard InChI is InChI=1S/C16H26N4O/c1-4-17-13-11(2)14(20-15(19-13)12-6-7-12)18-10-16(21-3)8-5-9-16/h12H,4-10H2,1-3H3,(H2,17,18,19,20). The third-order valence-electron chi connectivity index (χ3n) is 4.73. The van der Waals surface area contributed by atoms with Crippen molar-refractivity contribution in [2.24, 2.45) is 0 Å². The Morgan fingerprint density at radius 2 is 1.86 bits per heavy atom. The predicted molar refractivity (Wildman–Crippen MR) is 85.0 cm³/mol. The third-order valence-corrected chi connectivity index (χ3v) is 4.73. The zero-order chi connectivity index (χ0) is 14.9. The summed E-state index contributed by atoms with van der Waals surface area (Å²) in [6.45, 7) is 5.89. The van der Waals surface area contributed by atoms with E-state index in [2.05, 4.69) is 29.5 Å². The van der Waals surface area contributed by atoms with Crippen molar-refractivity contribution >= 4 is 11.6 Å². The molecule has 1 heterocycles. The summed E-state index contributed by atoms with van der Waals surface area (Å²) in [5.74, 6) is 3.48. The van der Waals surface area contributed by atoms with Gasteiger partial charge in [0.25, 0.3) is 0 Å². The molecule has 0 aliphatic heterocycles. The fourth-order valence-corrected chi connectivity index (χ4v) is 2.84. The molecule has 5 heteroatoms. The number of ether oxygens (including phenoxy) is 1. The minimum absolute atomic E-state index is 0.00941. The van der Waals surface area contributed by atoms with E-state index in [1.54, 1.807) is 0 Å². The van der Waals surface area contributed by atoms with Crippen molar-refractivity contribution in [2.45, 2.75) is 57.5 Å². The molecule has 2 saturated carbocycles. The van der Waals surface area contributed by atoms with E-state index in [1.165, 1.54) is 19.3 Å². The topological polar surface area (TPSA) is 59.1 Å². The van der Waals surface area contributed by atoms with Crippen LogP contribution in [0.4, 0.5) is 11.6 Å². The quantitative estimate of drug-likeness (QED) is 0.808. The molecule has 0 bridgehead atoms. The number of rotatable bonds is 7. The molecule has 2 N–H and O–H groups in total. The molecule has 3 rings (SSSR count). The van der Waals surface area contributed by atoms with Gasteiger partial charge >= 0.3 is 0 Å². The lowest BCUT2D eigenvalue weighted by molar-refractivity contribution is -0.0601. The predicted octanol–water partition coefficient (Wildman–Crippen LogP) is 3.08. The number of anilines is 2. The number of aromatic nitrogens is 2. The Kier molecular flexibility index (Phi) is 4.02. The van der Waals surface area contributed by atoms with Gasteiger partial charge in [0.15, 0.2) is 0 Å². The lowest BCUT2D eigenvalue weighted by atomic mass is 9.80. The van der Waals surface area contributed by atoms with Crippen LogP contribution in [-0.2, 0) is 4.74 Å². The van der Waals surface area contributed by atoms with Gasteiger partial charge in [0.05, 0.1) is 5.60 Å². The molecule has 1 aromatic heterocycles. The molecule has 0 radical (unpaired) electrons. The van der Waals surface area contributed by atoms with Gasteiger partial charge in [-0.15, -0.1) is 0 Å². The Hall–Kier alpha value is -1.36. The summed E-state index contributed by atoms with van der Waals surface area (Å²) in [7, 11) is 1.81. The first-order valence-electron chi connectivity index (χ1n) is 8.09. The van der Waals surface area contributed by atoms with Crippen LogP contribution in [0.1, 0.15) is 56.3 Å². The van der Waals surface area contributed by atoms with Crippen LogP contribution in [-0.4, -0.2) is 35.8 Å². The van der Waals surface area contributed by atoms with Crippen LogP contribution in [0.25, 0.3) is 0 Å². The van der Waals surface area contributed by atoms with Gasteiger partial charge in [0, 0.05) is 31.7 Å². The second kappa shape index (κ2) is 5.79. The van der Waals surface area contributed by atoms with Crippen LogP contribution in [0.3, 0.4) is 0 Å². The van der Waals surface area contributed by atoms with Crippen LogP contribution in [0.15, 0.2) is 0 Å². The Morgan fingerprint density at radius 3 is 2.33 bits per heavy atom. The average Bonchev–Trinajstić information content (AvgIpc) is 3.26. The van der Waals surface area contributed by atoms with E-state index in [-0.39, 0.29) is 5.60 Å². The minimum atomic E-state index is 0.00941. The molecule has 0 amide bonds. The highest BCUT2D eigenvalue weighted by Crippen LogP contribution is 2.40. The zero-order valence-corrected chi connectivity index (χ0v) is 13.3. The molecule has 21 heavy (non-hydrogen) atoms. The summed E-state index contributed by atoms with van der Waals surface area (Å²) in [6.07, 6.45) is 5.97. The summed E-state index contributed by atoms with van der Waals surface area (Å²) in [6, 6.07) is 0. The second-order valence-corrected chi connectivity index (χ2v) is 6.30. The van der Waals surface area contributed by atoms with Crippen LogP contribution in [0, 0.1) is 6.92 Å². The maximum absolute atomic E-state index is 5.68. The Bertz CT molecular complexity index is 504. The fourth-order valence-electron chi connectivity index (χ4n) is 2.84. The summed E-state index contributed by atoms with van der Waals surface area (Å²) in [5.41, 5.74) is 1.11. The highest BCUT2D eigenvalue weighted by Gasteiger charge is 2.37. The van der Waals surface area contributed by atoms with Crippen LogP contribution in [0.2, 0.25) is 0 Å². The van der Waals surface area contributed by atoms with Gasteiger partial charge < -0.3 is 15.4 Å². The van der Waals surface area contributed by atoms with Crippen molar-refractivity contribution in [3.63, 3.8) is 0 Å². The third kappa shape index (κ3) is 2.98. The Labute approximate surface area is 126 Å². The fraction of sp³-hybridized carbons (Fsp3) is 0.750. The molecule has 2 fully saturated rings. The van der Waals surface area contributed by atoms with Gasteiger partial charge in [-0.2, -0.15) is 0 Å². The van der Waals surface area contributed by atoms with Gasteiger partial charge in [-0.05, 0) is 46.0 Å². The van der Waals surface area contributed by atoms with Crippen molar-refractivity contribution in [1.82, 2.24) is 9.97 Å². The SMILES string of the molecule is CCNc1nc(C2CC2)nc(NCC2(OC)CCC2)c1C. The molecule has 0 unspecified atom stereocenters. The van der Waals surface area contributed by atoms with Crippen LogP contribution < -0.4 is 10.6 Å². The molecule has 0 saturated heterocycles. The maximum Gasteiger partial charge on any atom is 0.136 e. The first-order valence-corrected chi connectivity index (χ1v) is 8.09. The minimum Gasteiger partial charge on any atom is -0.376 e. The van der Waals surface area contributed by atoms with Crippen molar-refractivity contribution in [3.8, 4) is 0 Å². The van der Waals surface area contributed by atoms with Gasteiger partial charge in [-0.3, -0.25) is 0 Å². The van der Waals surface area contributed by atoms with Crippen molar-refractivity contribution in [2.75, 3.05) is 30.8 Å². The van der Waals surface area contributed by atoms with Gasteiger partial charge in [0.1, 0.15) is 17.5 Å². The molecule has 0 atom stereocenters. The van der Waals surface area contributed by atoms with Gasteiger partial charge in [0.2, 0.25) is 0 Å². The molecule has 2 aliphatic carbocycles. The number of nitrogens with one attached hydrogen (secondary N) is 2. The second-order valence-electron chi connectivity index (χ2n) is 6.30. The van der Waals surface area contributed by atoms with Crippen molar-refractivity contribution < 1.29 is 4.74 Å². The maximum atomic E-state index is 5.68. The highest BCUT2D eigenvalue weighted by atomic mass is 16.5. The first-order chi connectivity index (χ1) is 10.2. The summed E-state index contributed by atoms with van der Waals surface area (Å²) >= 11 is 0. The smallest absolute Gasteiger partial charge is 0.136 e. The lowest BCUT2D eigenvalue weighted by Gasteiger charge is -2.40. The molecular formula is C16H26N4O. The van der Waals surface area contributed by atoms with Crippen molar-refractivity contribution in [1.29, 1.82) is 0 Å². The molecular weight excluding hydrogens is 264 g/mol. The highest BCUT2D eigenvalue weighted by molar-refractivity contribution is 5.57. The summed E-state index contributed by atoms with van der Waals surface area (Å²) < 4.78 is 5.68. The van der Waals surface area contributed by atoms with E-state index in [1.807, 2.05) is 7.11 Å². The average molecular weight is 290 g/mol. The van der Waals surface area contributed by atoms with Crippen molar-refractivity contribution in [3.05, 3.63) is 11.4 Å². The first kappa shape index (κ1) is 14.6. The van der Waals surface area contributed by atoms with E-state index in [4.69, 9.17) is 9.72 Å². The number of hydrogen-bond donors (Lipinski definition) is 2. The summed E-state index contributed by atoms with van der Waals surface area (Å²) in [4.78, 5) is 9.45. The van der Waals surface area contributed by atoms with E-state index in [0.717, 1.165) is 49.0 Å². The normalized spacial score (nSPS) is 20.0. The lowest BCUT2D eigenvalue weighted by Crippen LogP contribution is -2.45. The number of methoxy groups -OCH3 is 1. The van der Waals surface area contributed by atoms with E-state index in [0.29, 0.717) is 5.92 Å². The molecule has 5 nitrogen and oxygen atoms in total. The molecule has 2 aliphatic rings. The monoisotopic (exact) mass is 290 g/mol. The van der Waals surface area contributed by atoms with E-state index < -0.39 is 0 Å². The van der Waals surface area contributed by atoms with E-state index in [9.17, 15) is 0 Å². The number of nitrogens with zero attached hydrogens (tertiary/aromatic N) is 2. The molecule has 0 aromatic carbocycles. The molecule has 1 aromatic rings. The van der Waals surface area contributed by atoms with Gasteiger partial charge in [-0.25, -0.2) is 9.97 Å². The van der Waals surface area contributed by atoms with E-state index >= 15 is 0 Å². The summed E-state index contributed by atoms with van der Waals surface area (Å²) in [5, 5.41) is 6.87. The largest absolute Gasteiger partial charge is 0.376 e. The molecule has 116 valence electrons. The Morgan fingerprint density at radius 1 is 1.19 bits per heavy atom. The molecule has 0 spiro atoms. The van der Waals surface area contributed by atoms with Crippen LogP contribution >= 0.6 is 0 Å². The number of hydrogen-bond acceptors (Lipinski definition) is 5. The zero-order valence-electron chi connectivity index (χ0n) is 13.3.